The molecule has 2 heterocycles. The molecular formula is C19H22N2O4S2. The van der Waals surface area contributed by atoms with E-state index in [2.05, 4.69) is 4.72 Å². The number of carbonyl (C=O) groups is 2. The standard InChI is InChI=1S/C19H22N2O4S2/c1-14(22)15-7-6-8-17(11-15)20-27(24,25)18-12-16(13-26-18)19(23)21-9-4-2-3-5-10-21/h6-8,11-13,20H,2-5,9-10H2,1H3. The minimum absolute atomic E-state index is 0.0777. The molecule has 0 unspecified atom stereocenters. The van der Waals surface area contributed by atoms with Gasteiger partial charge in [-0.2, -0.15) is 0 Å². The summed E-state index contributed by atoms with van der Waals surface area (Å²) in [6, 6.07) is 7.76. The van der Waals surface area contributed by atoms with Gasteiger partial charge in [-0.15, -0.1) is 11.3 Å². The zero-order valence-electron chi connectivity index (χ0n) is 15.1. The van der Waals surface area contributed by atoms with E-state index in [-0.39, 0.29) is 15.9 Å². The summed E-state index contributed by atoms with van der Waals surface area (Å²) < 4.78 is 27.8. The number of rotatable bonds is 5. The number of hydrogen-bond donors (Lipinski definition) is 1. The van der Waals surface area contributed by atoms with Gasteiger partial charge in [-0.3, -0.25) is 14.3 Å². The Morgan fingerprint density at radius 1 is 1.04 bits per heavy atom. The highest BCUT2D eigenvalue weighted by Gasteiger charge is 2.23. The van der Waals surface area contributed by atoms with E-state index in [1.54, 1.807) is 28.5 Å². The van der Waals surface area contributed by atoms with Crippen LogP contribution in [0, 0.1) is 0 Å². The number of anilines is 1. The molecule has 0 bridgehead atoms. The number of nitrogens with one attached hydrogen (secondary N) is 1. The molecular weight excluding hydrogens is 384 g/mol. The SMILES string of the molecule is CC(=O)c1cccc(NS(=O)(=O)c2cc(C(=O)N3CCCCCC3)cs2)c1. The predicted molar refractivity (Wildman–Crippen MR) is 106 cm³/mol. The van der Waals surface area contributed by atoms with Gasteiger partial charge in [-0.05, 0) is 38.0 Å². The molecule has 0 spiro atoms. The van der Waals surface area contributed by atoms with Crippen LogP contribution in [0.2, 0.25) is 0 Å². The van der Waals surface area contributed by atoms with Gasteiger partial charge in [0.1, 0.15) is 4.21 Å². The third-order valence-electron chi connectivity index (χ3n) is 4.50. The van der Waals surface area contributed by atoms with Crippen molar-refractivity contribution < 1.29 is 18.0 Å². The van der Waals surface area contributed by atoms with Crippen molar-refractivity contribution in [3.63, 3.8) is 0 Å². The van der Waals surface area contributed by atoms with Crippen molar-refractivity contribution in [3.8, 4) is 0 Å². The molecule has 1 aliphatic rings. The molecule has 1 aliphatic heterocycles. The average Bonchev–Trinajstić information content (AvgIpc) is 2.98. The van der Waals surface area contributed by atoms with Gasteiger partial charge in [-0.1, -0.05) is 25.0 Å². The molecule has 0 saturated carbocycles. The lowest BCUT2D eigenvalue weighted by molar-refractivity contribution is 0.0762. The minimum Gasteiger partial charge on any atom is -0.339 e. The normalized spacial score (nSPS) is 15.2. The van der Waals surface area contributed by atoms with Crippen molar-refractivity contribution >= 4 is 38.7 Å². The van der Waals surface area contributed by atoms with E-state index < -0.39 is 10.0 Å². The molecule has 3 rings (SSSR count). The Bertz CT molecular complexity index is 942. The zero-order chi connectivity index (χ0) is 19.4. The van der Waals surface area contributed by atoms with Gasteiger partial charge in [0.2, 0.25) is 0 Å². The molecule has 27 heavy (non-hydrogen) atoms. The second-order valence-electron chi connectivity index (χ2n) is 6.60. The Morgan fingerprint density at radius 3 is 2.41 bits per heavy atom. The Morgan fingerprint density at radius 2 is 1.74 bits per heavy atom. The maximum absolute atomic E-state index is 12.7. The number of nitrogens with zero attached hydrogens (tertiary/aromatic N) is 1. The minimum atomic E-state index is -3.82. The van der Waals surface area contributed by atoms with E-state index >= 15 is 0 Å². The van der Waals surface area contributed by atoms with E-state index in [0.29, 0.717) is 29.9 Å². The quantitative estimate of drug-likeness (QED) is 0.766. The second kappa shape index (κ2) is 8.22. The van der Waals surface area contributed by atoms with Crippen molar-refractivity contribution in [1.29, 1.82) is 0 Å². The third kappa shape index (κ3) is 4.75. The Balaban J connectivity index is 1.77. The summed E-state index contributed by atoms with van der Waals surface area (Å²) in [5.74, 6) is -0.259. The first-order chi connectivity index (χ1) is 12.9. The molecule has 6 nitrogen and oxygen atoms in total. The number of hydrogen-bond acceptors (Lipinski definition) is 5. The fourth-order valence-corrected chi connectivity index (χ4v) is 5.24. The first kappa shape index (κ1) is 19.6. The highest BCUT2D eigenvalue weighted by molar-refractivity contribution is 7.94. The van der Waals surface area contributed by atoms with Crippen LogP contribution in [-0.2, 0) is 10.0 Å². The first-order valence-electron chi connectivity index (χ1n) is 8.88. The number of carbonyl (C=O) groups excluding carboxylic acids is 2. The van der Waals surface area contributed by atoms with Gasteiger partial charge in [0.15, 0.2) is 5.78 Å². The number of Topliss-reactive ketones (excluding diaryl/α,β-unsaturated/α-hetero) is 1. The maximum atomic E-state index is 12.7. The highest BCUT2D eigenvalue weighted by Crippen LogP contribution is 2.25. The summed E-state index contributed by atoms with van der Waals surface area (Å²) in [4.78, 5) is 25.9. The first-order valence-corrected chi connectivity index (χ1v) is 11.2. The van der Waals surface area contributed by atoms with Crippen molar-refractivity contribution in [2.24, 2.45) is 0 Å². The molecule has 1 fully saturated rings. The van der Waals surface area contributed by atoms with Crippen LogP contribution in [0.5, 0.6) is 0 Å². The van der Waals surface area contributed by atoms with E-state index in [1.807, 2.05) is 0 Å². The fourth-order valence-electron chi connectivity index (χ4n) is 3.03. The summed E-state index contributed by atoms with van der Waals surface area (Å²) in [5.41, 5.74) is 1.15. The maximum Gasteiger partial charge on any atom is 0.271 e. The van der Waals surface area contributed by atoms with E-state index in [9.17, 15) is 18.0 Å². The lowest BCUT2D eigenvalue weighted by Gasteiger charge is -2.19. The molecule has 1 saturated heterocycles. The van der Waals surface area contributed by atoms with Crippen LogP contribution in [0.15, 0.2) is 39.9 Å². The van der Waals surface area contributed by atoms with Crippen LogP contribution in [0.3, 0.4) is 0 Å². The monoisotopic (exact) mass is 406 g/mol. The Labute approximate surface area is 163 Å². The topological polar surface area (TPSA) is 83.5 Å². The summed E-state index contributed by atoms with van der Waals surface area (Å²) >= 11 is 1.02. The number of thiophene rings is 1. The molecule has 8 heteroatoms. The van der Waals surface area contributed by atoms with Gasteiger partial charge in [0.25, 0.3) is 15.9 Å². The lowest BCUT2D eigenvalue weighted by atomic mass is 10.1. The number of benzene rings is 1. The van der Waals surface area contributed by atoms with Gasteiger partial charge in [0, 0.05) is 29.7 Å². The van der Waals surface area contributed by atoms with Crippen LogP contribution in [0.4, 0.5) is 5.69 Å². The van der Waals surface area contributed by atoms with Crippen LogP contribution in [0.1, 0.15) is 53.3 Å². The molecule has 0 atom stereocenters. The lowest BCUT2D eigenvalue weighted by Crippen LogP contribution is -2.31. The third-order valence-corrected chi connectivity index (χ3v) is 7.32. The Kier molecular flexibility index (Phi) is 5.96. The number of likely N-dealkylation sites (tertiary alicyclic amines) is 1. The van der Waals surface area contributed by atoms with E-state index in [4.69, 9.17) is 0 Å². The fraction of sp³-hybridized carbons (Fsp3) is 0.368. The van der Waals surface area contributed by atoms with Crippen LogP contribution < -0.4 is 4.72 Å². The predicted octanol–water partition coefficient (Wildman–Crippen LogP) is 3.77. The molecule has 1 aromatic carbocycles. The highest BCUT2D eigenvalue weighted by atomic mass is 32.2. The van der Waals surface area contributed by atoms with E-state index in [0.717, 1.165) is 37.0 Å². The smallest absolute Gasteiger partial charge is 0.271 e. The molecule has 2 aromatic rings. The van der Waals surface area contributed by atoms with Crippen LogP contribution in [0.25, 0.3) is 0 Å². The van der Waals surface area contributed by atoms with Crippen molar-refractivity contribution in [3.05, 3.63) is 46.8 Å². The summed E-state index contributed by atoms with van der Waals surface area (Å²) in [6.45, 7) is 2.85. The van der Waals surface area contributed by atoms with Crippen molar-refractivity contribution in [1.82, 2.24) is 4.90 Å². The molecule has 0 aliphatic carbocycles. The molecule has 1 amide bonds. The second-order valence-corrected chi connectivity index (χ2v) is 9.42. The van der Waals surface area contributed by atoms with Gasteiger partial charge >= 0.3 is 0 Å². The number of ketones is 1. The van der Waals surface area contributed by atoms with Gasteiger partial charge in [-0.25, -0.2) is 8.42 Å². The summed E-state index contributed by atoms with van der Waals surface area (Å²) in [5, 5.41) is 1.59. The average molecular weight is 407 g/mol. The van der Waals surface area contributed by atoms with Gasteiger partial charge in [0.05, 0.1) is 5.56 Å². The van der Waals surface area contributed by atoms with E-state index in [1.165, 1.54) is 19.1 Å². The summed E-state index contributed by atoms with van der Waals surface area (Å²) in [7, 11) is -3.82. The van der Waals surface area contributed by atoms with Gasteiger partial charge < -0.3 is 4.90 Å². The molecule has 1 N–H and O–H groups in total. The molecule has 0 radical (unpaired) electrons. The Hall–Kier alpha value is -2.19. The largest absolute Gasteiger partial charge is 0.339 e. The van der Waals surface area contributed by atoms with Crippen molar-refractivity contribution in [2.45, 2.75) is 36.8 Å². The summed E-state index contributed by atoms with van der Waals surface area (Å²) in [6.07, 6.45) is 4.21. The van der Waals surface area contributed by atoms with Crippen LogP contribution in [-0.4, -0.2) is 38.1 Å². The number of sulfonamides is 1. The van der Waals surface area contributed by atoms with Crippen LogP contribution >= 0.6 is 11.3 Å². The number of amides is 1. The molecule has 1 aromatic heterocycles. The molecule has 144 valence electrons. The van der Waals surface area contributed by atoms with Crippen molar-refractivity contribution in [2.75, 3.05) is 17.8 Å². The zero-order valence-corrected chi connectivity index (χ0v) is 16.7.